The van der Waals surface area contributed by atoms with Crippen molar-refractivity contribution >= 4 is 5.91 Å². The maximum Gasteiger partial charge on any atom is 0.239 e. The Balaban J connectivity index is 2.15. The fourth-order valence-corrected chi connectivity index (χ4v) is 2.97. The van der Waals surface area contributed by atoms with Gasteiger partial charge in [0.25, 0.3) is 0 Å². The quantitative estimate of drug-likeness (QED) is 0.832. The van der Waals surface area contributed by atoms with E-state index in [1.807, 2.05) is 6.92 Å². The summed E-state index contributed by atoms with van der Waals surface area (Å²) in [7, 11) is 0. The van der Waals surface area contributed by atoms with Gasteiger partial charge in [0.15, 0.2) is 0 Å². The molecule has 1 unspecified atom stereocenters. The van der Waals surface area contributed by atoms with Crippen LogP contribution in [-0.2, 0) is 4.79 Å². The monoisotopic (exact) mass is 278 g/mol. The van der Waals surface area contributed by atoms with Crippen molar-refractivity contribution in [1.82, 2.24) is 5.32 Å². The van der Waals surface area contributed by atoms with Crippen LogP contribution in [0.2, 0.25) is 0 Å². The van der Waals surface area contributed by atoms with Crippen molar-refractivity contribution in [1.29, 1.82) is 0 Å². The first-order valence-electron chi connectivity index (χ1n) is 7.39. The second-order valence-corrected chi connectivity index (χ2v) is 5.69. The van der Waals surface area contributed by atoms with Gasteiger partial charge in [-0.05, 0) is 43.0 Å². The molecule has 1 fully saturated rings. The summed E-state index contributed by atoms with van der Waals surface area (Å²) in [6.45, 7) is 1.81. The Labute approximate surface area is 119 Å². The molecule has 1 aliphatic rings. The van der Waals surface area contributed by atoms with Gasteiger partial charge in [-0.25, -0.2) is 4.39 Å². The molecule has 0 spiro atoms. The van der Waals surface area contributed by atoms with Crippen LogP contribution in [0.5, 0.6) is 0 Å². The van der Waals surface area contributed by atoms with Crippen molar-refractivity contribution in [2.24, 2.45) is 5.73 Å². The average Bonchev–Trinajstić information content (AvgIpc) is 2.65. The zero-order chi connectivity index (χ0) is 14.5. The number of rotatable bonds is 4. The van der Waals surface area contributed by atoms with Crippen molar-refractivity contribution in [2.45, 2.75) is 57.5 Å². The van der Waals surface area contributed by atoms with Crippen LogP contribution < -0.4 is 11.1 Å². The molecular weight excluding hydrogens is 255 g/mol. The molecule has 0 bridgehead atoms. The van der Waals surface area contributed by atoms with Crippen LogP contribution in [0.3, 0.4) is 0 Å². The number of carbonyl (C=O) groups is 1. The number of nitrogens with one attached hydrogen (secondary N) is 1. The molecular formula is C16H23FN2O. The summed E-state index contributed by atoms with van der Waals surface area (Å²) in [6, 6.07) is 4.27. The highest BCUT2D eigenvalue weighted by atomic mass is 19.1. The lowest BCUT2D eigenvalue weighted by Gasteiger charge is -2.24. The molecule has 0 aromatic heterocycles. The Morgan fingerprint density at radius 3 is 2.50 bits per heavy atom. The number of carbonyl (C=O) groups excluding carboxylic acids is 1. The third kappa shape index (κ3) is 3.79. The molecule has 3 N–H and O–H groups in total. The number of hydrogen-bond donors (Lipinski definition) is 2. The first-order chi connectivity index (χ1) is 9.58. The molecule has 1 aliphatic carbocycles. The molecule has 0 radical (unpaired) electrons. The summed E-state index contributed by atoms with van der Waals surface area (Å²) in [5.41, 5.74) is 7.08. The summed E-state index contributed by atoms with van der Waals surface area (Å²) in [4.78, 5) is 11.8. The predicted molar refractivity (Wildman–Crippen MR) is 77.7 cm³/mol. The van der Waals surface area contributed by atoms with Crippen LogP contribution in [-0.4, -0.2) is 11.9 Å². The summed E-state index contributed by atoms with van der Waals surface area (Å²) in [5, 5.41) is 3.37. The van der Waals surface area contributed by atoms with E-state index in [0.29, 0.717) is 6.04 Å². The first kappa shape index (κ1) is 15.0. The molecule has 0 aliphatic heterocycles. The van der Waals surface area contributed by atoms with Gasteiger partial charge < -0.3 is 5.73 Å². The van der Waals surface area contributed by atoms with E-state index in [1.54, 1.807) is 6.07 Å². The topological polar surface area (TPSA) is 55.1 Å². The fourth-order valence-electron chi connectivity index (χ4n) is 2.97. The largest absolute Gasteiger partial charge is 0.368 e. The summed E-state index contributed by atoms with van der Waals surface area (Å²) in [5.74, 6) is -0.687. The minimum Gasteiger partial charge on any atom is -0.368 e. The van der Waals surface area contributed by atoms with Crippen molar-refractivity contribution in [3.05, 3.63) is 35.1 Å². The summed E-state index contributed by atoms with van der Waals surface area (Å²) < 4.78 is 13.2. The van der Waals surface area contributed by atoms with Gasteiger partial charge in [0.1, 0.15) is 11.9 Å². The van der Waals surface area contributed by atoms with Crippen LogP contribution in [0.1, 0.15) is 55.7 Å². The number of aryl methyl sites for hydroxylation is 1. The third-order valence-corrected chi connectivity index (χ3v) is 4.08. The Kier molecular flexibility index (Phi) is 5.12. The van der Waals surface area contributed by atoms with Crippen LogP contribution in [0.15, 0.2) is 18.2 Å². The van der Waals surface area contributed by atoms with Gasteiger partial charge in [0, 0.05) is 6.04 Å². The number of benzene rings is 1. The van der Waals surface area contributed by atoms with Crippen LogP contribution in [0.4, 0.5) is 4.39 Å². The lowest BCUT2D eigenvalue weighted by molar-refractivity contribution is -0.120. The number of amides is 1. The minimum absolute atomic E-state index is 0.288. The van der Waals surface area contributed by atoms with E-state index in [2.05, 4.69) is 5.32 Å². The standard InChI is InChI=1S/C16H23FN2O/c1-11-10-12(17)8-9-14(11)15(16(18)20)19-13-6-4-2-3-5-7-13/h8-10,13,15,19H,2-7H2,1H3,(H2,18,20). The zero-order valence-corrected chi connectivity index (χ0v) is 12.0. The number of hydrogen-bond acceptors (Lipinski definition) is 2. The maximum absolute atomic E-state index is 13.2. The molecule has 1 saturated carbocycles. The number of nitrogens with two attached hydrogens (primary N) is 1. The van der Waals surface area contributed by atoms with Gasteiger partial charge in [-0.1, -0.05) is 31.7 Å². The van der Waals surface area contributed by atoms with Gasteiger partial charge in [-0.15, -0.1) is 0 Å². The Hall–Kier alpha value is -1.42. The molecule has 0 heterocycles. The van der Waals surface area contributed by atoms with E-state index in [0.717, 1.165) is 24.0 Å². The van der Waals surface area contributed by atoms with Crippen molar-refractivity contribution in [3.8, 4) is 0 Å². The van der Waals surface area contributed by atoms with Gasteiger partial charge in [-0.3, -0.25) is 10.1 Å². The second-order valence-electron chi connectivity index (χ2n) is 5.69. The maximum atomic E-state index is 13.2. The molecule has 4 heteroatoms. The van der Waals surface area contributed by atoms with Gasteiger partial charge in [0.05, 0.1) is 0 Å². The van der Waals surface area contributed by atoms with Crippen molar-refractivity contribution < 1.29 is 9.18 Å². The highest BCUT2D eigenvalue weighted by Gasteiger charge is 2.23. The molecule has 3 nitrogen and oxygen atoms in total. The molecule has 110 valence electrons. The van der Waals surface area contributed by atoms with Crippen LogP contribution in [0, 0.1) is 12.7 Å². The predicted octanol–water partition coefficient (Wildman–Crippen LogP) is 2.97. The molecule has 1 atom stereocenters. The normalized spacial score (nSPS) is 18.5. The number of primary amides is 1. The van der Waals surface area contributed by atoms with Gasteiger partial charge >= 0.3 is 0 Å². The van der Waals surface area contributed by atoms with E-state index in [9.17, 15) is 9.18 Å². The molecule has 20 heavy (non-hydrogen) atoms. The third-order valence-electron chi connectivity index (χ3n) is 4.08. The van der Waals surface area contributed by atoms with Gasteiger partial charge in [-0.2, -0.15) is 0 Å². The average molecular weight is 278 g/mol. The highest BCUT2D eigenvalue weighted by Crippen LogP contribution is 2.23. The molecule has 2 rings (SSSR count). The Bertz CT molecular complexity index is 468. The van der Waals surface area contributed by atoms with Crippen LogP contribution >= 0.6 is 0 Å². The Morgan fingerprint density at radius 1 is 1.30 bits per heavy atom. The summed E-state index contributed by atoms with van der Waals surface area (Å²) in [6.07, 6.45) is 7.04. The zero-order valence-electron chi connectivity index (χ0n) is 12.0. The Morgan fingerprint density at radius 2 is 1.95 bits per heavy atom. The molecule has 0 saturated heterocycles. The lowest BCUT2D eigenvalue weighted by atomic mass is 9.98. The first-order valence-corrected chi connectivity index (χ1v) is 7.39. The van der Waals surface area contributed by atoms with E-state index in [1.165, 1.54) is 37.8 Å². The number of halogens is 1. The van der Waals surface area contributed by atoms with Crippen molar-refractivity contribution in [2.75, 3.05) is 0 Å². The van der Waals surface area contributed by atoms with Crippen LogP contribution in [0.25, 0.3) is 0 Å². The molecule has 1 aromatic carbocycles. The molecule has 1 aromatic rings. The van der Waals surface area contributed by atoms with E-state index < -0.39 is 11.9 Å². The van der Waals surface area contributed by atoms with Gasteiger partial charge in [0.2, 0.25) is 5.91 Å². The van der Waals surface area contributed by atoms with E-state index in [4.69, 9.17) is 5.73 Å². The second kappa shape index (κ2) is 6.84. The summed E-state index contributed by atoms with van der Waals surface area (Å²) >= 11 is 0. The minimum atomic E-state index is -0.529. The highest BCUT2D eigenvalue weighted by molar-refractivity contribution is 5.81. The smallest absolute Gasteiger partial charge is 0.239 e. The van der Waals surface area contributed by atoms with E-state index in [-0.39, 0.29) is 5.82 Å². The van der Waals surface area contributed by atoms with E-state index >= 15 is 0 Å². The van der Waals surface area contributed by atoms with Crippen molar-refractivity contribution in [3.63, 3.8) is 0 Å². The fraction of sp³-hybridized carbons (Fsp3) is 0.562. The molecule has 1 amide bonds. The lowest BCUT2D eigenvalue weighted by Crippen LogP contribution is -2.40. The SMILES string of the molecule is Cc1cc(F)ccc1C(NC1CCCCCC1)C(N)=O.